The van der Waals surface area contributed by atoms with Crippen LogP contribution in [0.15, 0.2) is 18.2 Å². The molecule has 0 aromatic heterocycles. The lowest BCUT2D eigenvalue weighted by Gasteiger charge is -2.21. The molecule has 1 aromatic carbocycles. The molecule has 0 radical (unpaired) electrons. The lowest BCUT2D eigenvalue weighted by molar-refractivity contribution is -0.137. The monoisotopic (exact) mass is 373 g/mol. The fourth-order valence-electron chi connectivity index (χ4n) is 1.98. The molecule has 0 unspecified atom stereocenters. The number of aryl methyl sites for hydroxylation is 1. The van der Waals surface area contributed by atoms with E-state index in [9.17, 15) is 9.59 Å². The van der Waals surface area contributed by atoms with E-state index in [-0.39, 0.29) is 12.5 Å². The molecule has 0 atom stereocenters. The number of halogens is 1. The minimum Gasteiger partial charge on any atom is -0.480 e. The number of carboxylic acid groups (broad SMARTS) is 1. The fourth-order valence-corrected chi connectivity index (χ4v) is 2.57. The van der Waals surface area contributed by atoms with Crippen molar-refractivity contribution in [2.45, 2.75) is 19.8 Å². The summed E-state index contributed by atoms with van der Waals surface area (Å²) in [6.45, 7) is 2.27. The van der Waals surface area contributed by atoms with Crippen molar-refractivity contribution < 1.29 is 14.7 Å². The molecule has 102 valence electrons. The molecular weight excluding hydrogens is 357 g/mol. The molecule has 0 heterocycles. The smallest absolute Gasteiger partial charge is 0.323 e. The summed E-state index contributed by atoms with van der Waals surface area (Å²) < 4.78 is 0.899. The summed E-state index contributed by atoms with van der Waals surface area (Å²) in [5.41, 5.74) is 1.63. The Kier molecular flexibility index (Phi) is 4.44. The molecule has 0 spiro atoms. The predicted molar refractivity (Wildman–Crippen MR) is 80.2 cm³/mol. The Hall–Kier alpha value is -1.11. The van der Waals surface area contributed by atoms with Crippen molar-refractivity contribution in [3.05, 3.63) is 32.9 Å². The van der Waals surface area contributed by atoms with E-state index in [4.69, 9.17) is 5.11 Å². The highest BCUT2D eigenvalue weighted by molar-refractivity contribution is 14.1. The quantitative estimate of drug-likeness (QED) is 0.808. The van der Waals surface area contributed by atoms with Gasteiger partial charge in [-0.15, -0.1) is 0 Å². The van der Waals surface area contributed by atoms with E-state index in [2.05, 4.69) is 22.6 Å². The van der Waals surface area contributed by atoms with Crippen molar-refractivity contribution in [1.82, 2.24) is 4.90 Å². The van der Waals surface area contributed by atoms with Gasteiger partial charge in [0.15, 0.2) is 0 Å². The first-order chi connectivity index (χ1) is 8.99. The summed E-state index contributed by atoms with van der Waals surface area (Å²) in [6, 6.07) is 5.54. The second-order valence-corrected chi connectivity index (χ2v) is 6.04. The molecule has 19 heavy (non-hydrogen) atoms. The lowest BCUT2D eigenvalue weighted by Crippen LogP contribution is -2.37. The van der Waals surface area contributed by atoms with Gasteiger partial charge in [0.1, 0.15) is 6.54 Å². The van der Waals surface area contributed by atoms with E-state index >= 15 is 0 Å². The number of carboxylic acids is 1. The molecule has 1 aromatic rings. The summed E-state index contributed by atoms with van der Waals surface area (Å²) in [6.07, 6.45) is 2.18. The van der Waals surface area contributed by atoms with Crippen molar-refractivity contribution in [2.75, 3.05) is 13.1 Å². The molecule has 0 aliphatic heterocycles. The zero-order valence-electron chi connectivity index (χ0n) is 10.7. The molecular formula is C14H16INO3. The summed E-state index contributed by atoms with van der Waals surface area (Å²) in [5.74, 6) is -0.662. The minimum atomic E-state index is -0.961. The standard InChI is InChI=1S/C14H16INO3/c1-9-3-2-4-11(13(9)15)14(19)16(8-12(17)18)7-10-5-6-10/h2-4,10H,5-8H2,1H3,(H,17,18). The zero-order chi connectivity index (χ0) is 14.0. The maximum absolute atomic E-state index is 12.5. The Balaban J connectivity index is 2.21. The maximum atomic E-state index is 12.5. The number of carbonyl (C=O) groups excluding carboxylic acids is 1. The summed E-state index contributed by atoms with van der Waals surface area (Å²) in [5, 5.41) is 8.94. The van der Waals surface area contributed by atoms with E-state index in [1.165, 1.54) is 4.90 Å². The van der Waals surface area contributed by atoms with Crippen molar-refractivity contribution in [1.29, 1.82) is 0 Å². The molecule has 1 aliphatic carbocycles. The van der Waals surface area contributed by atoms with Gasteiger partial charge in [0.05, 0.1) is 5.56 Å². The summed E-state index contributed by atoms with van der Waals surface area (Å²) >= 11 is 2.14. The van der Waals surface area contributed by atoms with Crippen LogP contribution < -0.4 is 0 Å². The third kappa shape index (κ3) is 3.68. The Morgan fingerprint density at radius 1 is 1.42 bits per heavy atom. The number of amides is 1. The van der Waals surface area contributed by atoms with Crippen LogP contribution in [-0.4, -0.2) is 35.0 Å². The highest BCUT2D eigenvalue weighted by Gasteiger charge is 2.29. The first-order valence-electron chi connectivity index (χ1n) is 6.25. The third-order valence-electron chi connectivity index (χ3n) is 3.21. The maximum Gasteiger partial charge on any atom is 0.323 e. The summed E-state index contributed by atoms with van der Waals surface area (Å²) in [4.78, 5) is 24.8. The van der Waals surface area contributed by atoms with Gasteiger partial charge < -0.3 is 10.0 Å². The van der Waals surface area contributed by atoms with Gasteiger partial charge in [0.25, 0.3) is 5.91 Å². The Morgan fingerprint density at radius 2 is 2.11 bits per heavy atom. The molecule has 0 saturated heterocycles. The number of nitrogens with zero attached hydrogens (tertiary/aromatic N) is 1. The minimum absolute atomic E-state index is 0.178. The third-order valence-corrected chi connectivity index (χ3v) is 4.64. The first-order valence-corrected chi connectivity index (χ1v) is 7.33. The van der Waals surface area contributed by atoms with Crippen LogP contribution in [0.4, 0.5) is 0 Å². The number of hydrogen-bond donors (Lipinski definition) is 1. The number of carbonyl (C=O) groups is 2. The van der Waals surface area contributed by atoms with E-state index < -0.39 is 5.97 Å². The highest BCUT2D eigenvalue weighted by atomic mass is 127. The van der Waals surface area contributed by atoms with Crippen LogP contribution in [0.1, 0.15) is 28.8 Å². The van der Waals surface area contributed by atoms with Crippen molar-refractivity contribution in [3.63, 3.8) is 0 Å². The fraction of sp³-hybridized carbons (Fsp3) is 0.429. The zero-order valence-corrected chi connectivity index (χ0v) is 12.9. The van der Waals surface area contributed by atoms with Crippen LogP contribution in [0.5, 0.6) is 0 Å². The van der Waals surface area contributed by atoms with E-state index in [0.29, 0.717) is 18.0 Å². The number of benzene rings is 1. The van der Waals surface area contributed by atoms with Crippen LogP contribution in [0.3, 0.4) is 0 Å². The van der Waals surface area contributed by atoms with E-state index in [1.807, 2.05) is 19.1 Å². The number of aliphatic carboxylic acids is 1. The van der Waals surface area contributed by atoms with Gasteiger partial charge in [-0.05, 0) is 59.9 Å². The van der Waals surface area contributed by atoms with Crippen molar-refractivity contribution >= 4 is 34.5 Å². The van der Waals surface area contributed by atoms with Crippen molar-refractivity contribution in [3.8, 4) is 0 Å². The molecule has 1 saturated carbocycles. The van der Waals surface area contributed by atoms with Gasteiger partial charge in [-0.2, -0.15) is 0 Å². The number of hydrogen-bond acceptors (Lipinski definition) is 2. The van der Waals surface area contributed by atoms with Crippen LogP contribution in [-0.2, 0) is 4.79 Å². The SMILES string of the molecule is Cc1cccc(C(=O)N(CC(=O)O)CC2CC2)c1I. The van der Waals surface area contributed by atoms with Gasteiger partial charge in [-0.1, -0.05) is 12.1 Å². The molecule has 1 N–H and O–H groups in total. The average Bonchev–Trinajstić information content (AvgIpc) is 3.14. The van der Waals surface area contributed by atoms with Gasteiger partial charge >= 0.3 is 5.97 Å². The average molecular weight is 373 g/mol. The number of rotatable bonds is 5. The van der Waals surface area contributed by atoms with E-state index in [1.54, 1.807) is 6.07 Å². The van der Waals surface area contributed by atoms with Gasteiger partial charge in [-0.25, -0.2) is 0 Å². The molecule has 0 bridgehead atoms. The highest BCUT2D eigenvalue weighted by Crippen LogP contribution is 2.30. The molecule has 1 aliphatic rings. The Labute approximate surface area is 125 Å². The molecule has 1 fully saturated rings. The second kappa shape index (κ2) is 5.90. The van der Waals surface area contributed by atoms with Crippen LogP contribution >= 0.6 is 22.6 Å². The van der Waals surface area contributed by atoms with Crippen LogP contribution in [0.2, 0.25) is 0 Å². The Bertz CT molecular complexity index is 511. The molecule has 2 rings (SSSR count). The van der Waals surface area contributed by atoms with Gasteiger partial charge in [-0.3, -0.25) is 9.59 Å². The normalized spacial score (nSPS) is 14.2. The van der Waals surface area contributed by atoms with Gasteiger partial charge in [0.2, 0.25) is 0 Å². The van der Waals surface area contributed by atoms with E-state index in [0.717, 1.165) is 22.0 Å². The van der Waals surface area contributed by atoms with Crippen molar-refractivity contribution in [2.24, 2.45) is 5.92 Å². The van der Waals surface area contributed by atoms with Crippen LogP contribution in [0, 0.1) is 16.4 Å². The summed E-state index contributed by atoms with van der Waals surface area (Å²) in [7, 11) is 0. The molecule has 4 nitrogen and oxygen atoms in total. The van der Waals surface area contributed by atoms with Gasteiger partial charge in [0, 0.05) is 10.1 Å². The molecule has 1 amide bonds. The Morgan fingerprint density at radius 3 is 2.68 bits per heavy atom. The lowest BCUT2D eigenvalue weighted by atomic mass is 10.1. The predicted octanol–water partition coefficient (Wildman–Crippen LogP) is 2.54. The van der Waals surface area contributed by atoms with Crippen LogP contribution in [0.25, 0.3) is 0 Å². The molecule has 5 heteroatoms. The largest absolute Gasteiger partial charge is 0.480 e. The topological polar surface area (TPSA) is 57.6 Å². The first kappa shape index (κ1) is 14.3. The second-order valence-electron chi connectivity index (χ2n) is 4.96.